The molecular formula is C19H17N3O4. The molecule has 0 fully saturated rings. The smallest absolute Gasteiger partial charge is 0.244 e. The summed E-state index contributed by atoms with van der Waals surface area (Å²) in [5.74, 6) is 0.545. The van der Waals surface area contributed by atoms with Gasteiger partial charge in [0.05, 0.1) is 11.6 Å². The second kappa shape index (κ2) is 7.57. The lowest BCUT2D eigenvalue weighted by Crippen LogP contribution is -2.36. The number of carbonyl (C=O) groups is 2. The highest BCUT2D eigenvalue weighted by Crippen LogP contribution is 2.32. The Labute approximate surface area is 150 Å². The van der Waals surface area contributed by atoms with Crippen molar-refractivity contribution in [2.75, 3.05) is 30.0 Å². The Bertz CT molecular complexity index is 889. The molecule has 1 N–H and O–H groups in total. The fourth-order valence-corrected chi connectivity index (χ4v) is 2.59. The van der Waals surface area contributed by atoms with Crippen molar-refractivity contribution in [3.05, 3.63) is 48.0 Å². The van der Waals surface area contributed by atoms with Crippen LogP contribution in [0.3, 0.4) is 0 Å². The van der Waals surface area contributed by atoms with Crippen LogP contribution in [0.4, 0.5) is 11.4 Å². The number of ether oxygens (including phenoxy) is 2. The number of carbonyl (C=O) groups excluding carboxylic acids is 2. The van der Waals surface area contributed by atoms with Crippen molar-refractivity contribution >= 4 is 23.2 Å². The Hall–Kier alpha value is -3.53. The van der Waals surface area contributed by atoms with Gasteiger partial charge in [0.15, 0.2) is 11.5 Å². The SMILES string of the molecule is CC(=O)N(CC(=O)Nc1ccc2c(c1)OCCO2)c1cccc(C#N)c1. The molecule has 0 radical (unpaired) electrons. The normalized spacial score (nSPS) is 12.0. The van der Waals surface area contributed by atoms with E-state index in [9.17, 15) is 9.59 Å². The van der Waals surface area contributed by atoms with Crippen molar-refractivity contribution in [2.45, 2.75) is 6.92 Å². The Morgan fingerprint density at radius 2 is 1.92 bits per heavy atom. The first-order chi connectivity index (χ1) is 12.6. The summed E-state index contributed by atoms with van der Waals surface area (Å²) >= 11 is 0. The molecule has 0 aromatic heterocycles. The van der Waals surface area contributed by atoms with Crippen LogP contribution in [0.15, 0.2) is 42.5 Å². The van der Waals surface area contributed by atoms with Gasteiger partial charge in [0.2, 0.25) is 11.8 Å². The number of nitrogens with one attached hydrogen (secondary N) is 1. The van der Waals surface area contributed by atoms with Crippen LogP contribution in [0.25, 0.3) is 0 Å². The zero-order chi connectivity index (χ0) is 18.5. The molecule has 1 heterocycles. The van der Waals surface area contributed by atoms with Crippen molar-refractivity contribution in [1.29, 1.82) is 5.26 Å². The number of fused-ring (bicyclic) bond motifs is 1. The number of rotatable bonds is 4. The highest BCUT2D eigenvalue weighted by atomic mass is 16.6. The monoisotopic (exact) mass is 351 g/mol. The van der Waals surface area contributed by atoms with E-state index < -0.39 is 0 Å². The predicted molar refractivity (Wildman–Crippen MR) is 95.2 cm³/mol. The lowest BCUT2D eigenvalue weighted by Gasteiger charge is -2.22. The van der Waals surface area contributed by atoms with Gasteiger partial charge in [-0.3, -0.25) is 9.59 Å². The lowest BCUT2D eigenvalue weighted by molar-refractivity contribution is -0.120. The third kappa shape index (κ3) is 3.92. The van der Waals surface area contributed by atoms with Crippen molar-refractivity contribution in [3.63, 3.8) is 0 Å². The summed E-state index contributed by atoms with van der Waals surface area (Å²) in [7, 11) is 0. The van der Waals surface area contributed by atoms with E-state index in [1.807, 2.05) is 6.07 Å². The van der Waals surface area contributed by atoms with E-state index in [-0.39, 0.29) is 18.4 Å². The van der Waals surface area contributed by atoms with Gasteiger partial charge in [-0.05, 0) is 30.3 Å². The van der Waals surface area contributed by atoms with Gasteiger partial charge < -0.3 is 19.7 Å². The first-order valence-electron chi connectivity index (χ1n) is 8.04. The van der Waals surface area contributed by atoms with Crippen LogP contribution in [0, 0.1) is 11.3 Å². The zero-order valence-corrected chi connectivity index (χ0v) is 14.2. The quantitative estimate of drug-likeness (QED) is 0.913. The Morgan fingerprint density at radius 1 is 1.15 bits per heavy atom. The number of amides is 2. The topological polar surface area (TPSA) is 91.7 Å². The molecule has 7 heteroatoms. The van der Waals surface area contributed by atoms with Gasteiger partial charge in [-0.25, -0.2) is 0 Å². The minimum absolute atomic E-state index is 0.168. The molecule has 26 heavy (non-hydrogen) atoms. The second-order valence-corrected chi connectivity index (χ2v) is 5.67. The van der Waals surface area contributed by atoms with E-state index in [4.69, 9.17) is 14.7 Å². The van der Waals surface area contributed by atoms with Crippen LogP contribution >= 0.6 is 0 Å². The van der Waals surface area contributed by atoms with Crippen molar-refractivity contribution in [3.8, 4) is 17.6 Å². The third-order valence-corrected chi connectivity index (χ3v) is 3.79. The van der Waals surface area contributed by atoms with Crippen LogP contribution in [-0.4, -0.2) is 31.6 Å². The molecule has 1 aliphatic heterocycles. The predicted octanol–water partition coefficient (Wildman–Crippen LogP) is 2.32. The second-order valence-electron chi connectivity index (χ2n) is 5.67. The molecule has 0 bridgehead atoms. The standard InChI is InChI=1S/C19H17N3O4/c1-13(23)22(16-4-2-3-14(9-16)11-20)12-19(24)21-15-5-6-17-18(10-15)26-8-7-25-17/h2-6,9-10H,7-8,12H2,1H3,(H,21,24). The summed E-state index contributed by atoms with van der Waals surface area (Å²) in [5.41, 5.74) is 1.46. The fourth-order valence-electron chi connectivity index (χ4n) is 2.59. The summed E-state index contributed by atoms with van der Waals surface area (Å²) in [4.78, 5) is 25.6. The van der Waals surface area contributed by atoms with Gasteiger partial charge in [0.1, 0.15) is 19.8 Å². The van der Waals surface area contributed by atoms with Crippen LogP contribution in [0.5, 0.6) is 11.5 Å². The fraction of sp³-hybridized carbons (Fsp3) is 0.211. The molecule has 0 spiro atoms. The number of anilines is 2. The third-order valence-electron chi connectivity index (χ3n) is 3.79. The summed E-state index contributed by atoms with van der Waals surface area (Å²) in [6.45, 7) is 2.15. The molecule has 0 saturated carbocycles. The number of nitriles is 1. The van der Waals surface area contributed by atoms with Crippen LogP contribution in [-0.2, 0) is 9.59 Å². The van der Waals surface area contributed by atoms with Crippen molar-refractivity contribution < 1.29 is 19.1 Å². The Morgan fingerprint density at radius 3 is 2.65 bits per heavy atom. The lowest BCUT2D eigenvalue weighted by atomic mass is 10.2. The van der Waals surface area contributed by atoms with Crippen LogP contribution in [0.2, 0.25) is 0 Å². The molecule has 0 unspecified atom stereocenters. The number of hydrogen-bond acceptors (Lipinski definition) is 5. The maximum Gasteiger partial charge on any atom is 0.244 e. The minimum atomic E-state index is -0.362. The maximum absolute atomic E-state index is 12.4. The maximum atomic E-state index is 12.4. The Kier molecular flexibility index (Phi) is 5.04. The molecule has 2 amide bonds. The summed E-state index contributed by atoms with van der Waals surface area (Å²) in [6.07, 6.45) is 0. The number of benzene rings is 2. The Balaban J connectivity index is 1.72. The van der Waals surface area contributed by atoms with E-state index in [1.54, 1.807) is 42.5 Å². The molecule has 1 aliphatic rings. The first kappa shape index (κ1) is 17.3. The molecule has 3 rings (SSSR count). The van der Waals surface area contributed by atoms with Crippen LogP contribution < -0.4 is 19.7 Å². The highest BCUT2D eigenvalue weighted by molar-refractivity contribution is 6.02. The zero-order valence-electron chi connectivity index (χ0n) is 14.2. The molecule has 0 aliphatic carbocycles. The largest absolute Gasteiger partial charge is 0.486 e. The van der Waals surface area contributed by atoms with Crippen molar-refractivity contribution in [1.82, 2.24) is 0 Å². The molecule has 2 aromatic rings. The van der Waals surface area contributed by atoms with E-state index in [2.05, 4.69) is 5.32 Å². The minimum Gasteiger partial charge on any atom is -0.486 e. The molecule has 0 atom stereocenters. The summed E-state index contributed by atoms with van der Waals surface area (Å²) in [5, 5.41) is 11.7. The molecular weight excluding hydrogens is 334 g/mol. The number of hydrogen-bond donors (Lipinski definition) is 1. The van der Waals surface area contributed by atoms with Gasteiger partial charge in [-0.15, -0.1) is 0 Å². The average molecular weight is 351 g/mol. The van der Waals surface area contributed by atoms with E-state index in [0.717, 1.165) is 0 Å². The van der Waals surface area contributed by atoms with Gasteiger partial charge in [0.25, 0.3) is 0 Å². The summed E-state index contributed by atoms with van der Waals surface area (Å²) < 4.78 is 10.9. The van der Waals surface area contributed by atoms with Gasteiger partial charge in [0, 0.05) is 24.4 Å². The molecule has 2 aromatic carbocycles. The van der Waals surface area contributed by atoms with E-state index >= 15 is 0 Å². The summed E-state index contributed by atoms with van der Waals surface area (Å²) in [6, 6.07) is 13.7. The molecule has 7 nitrogen and oxygen atoms in total. The molecule has 132 valence electrons. The van der Waals surface area contributed by atoms with E-state index in [0.29, 0.717) is 41.7 Å². The number of nitrogens with zero attached hydrogens (tertiary/aromatic N) is 2. The van der Waals surface area contributed by atoms with Gasteiger partial charge in [-0.2, -0.15) is 5.26 Å². The average Bonchev–Trinajstić information content (AvgIpc) is 2.66. The first-order valence-corrected chi connectivity index (χ1v) is 8.04. The van der Waals surface area contributed by atoms with E-state index in [1.165, 1.54) is 11.8 Å². The van der Waals surface area contributed by atoms with Crippen molar-refractivity contribution in [2.24, 2.45) is 0 Å². The van der Waals surface area contributed by atoms with Gasteiger partial charge in [-0.1, -0.05) is 6.07 Å². The molecule has 0 saturated heterocycles. The van der Waals surface area contributed by atoms with Crippen LogP contribution in [0.1, 0.15) is 12.5 Å². The van der Waals surface area contributed by atoms with Gasteiger partial charge >= 0.3 is 0 Å². The highest BCUT2D eigenvalue weighted by Gasteiger charge is 2.17.